The minimum atomic E-state index is 1.04. The van der Waals surface area contributed by atoms with Gasteiger partial charge in [-0.05, 0) is 57.6 Å². The standard InChI is InChI=1S/C14H18.C9H15NS/c1-5-6-7-13-8-12(4)9-14(10-13)11(2)3;1-3-4-5-6-9-8(2)10-7-11-9/h5,8-10H,1-2,6-7H2,3-4H3;7H,3-6H2,1-2H3. The molecule has 1 aromatic heterocycles. The summed E-state index contributed by atoms with van der Waals surface area (Å²) >= 11 is 1.79. The van der Waals surface area contributed by atoms with E-state index in [1.165, 1.54) is 52.9 Å². The maximum absolute atomic E-state index is 4.21. The first kappa shape index (κ1) is 21.4. The summed E-state index contributed by atoms with van der Waals surface area (Å²) in [5.41, 5.74) is 8.24. The summed E-state index contributed by atoms with van der Waals surface area (Å²) in [6, 6.07) is 6.63. The number of thiazole rings is 1. The van der Waals surface area contributed by atoms with Crippen LogP contribution in [0, 0.1) is 13.8 Å². The van der Waals surface area contributed by atoms with Crippen molar-refractivity contribution in [3.8, 4) is 0 Å². The largest absolute Gasteiger partial charge is 0.250 e. The molecule has 2 rings (SSSR count). The van der Waals surface area contributed by atoms with Crippen LogP contribution in [0.1, 0.15) is 66.8 Å². The van der Waals surface area contributed by atoms with E-state index in [0.29, 0.717) is 0 Å². The molecular weight excluding hydrogens is 322 g/mol. The number of rotatable bonds is 8. The van der Waals surface area contributed by atoms with Gasteiger partial charge in [-0.25, -0.2) is 4.98 Å². The molecule has 1 nitrogen and oxygen atoms in total. The highest BCUT2D eigenvalue weighted by Gasteiger charge is 1.99. The Hall–Kier alpha value is -1.67. The predicted octanol–water partition coefficient (Wildman–Crippen LogP) is 7.33. The molecule has 0 unspecified atom stereocenters. The van der Waals surface area contributed by atoms with Gasteiger partial charge in [-0.1, -0.05) is 61.8 Å². The molecule has 0 N–H and O–H groups in total. The van der Waals surface area contributed by atoms with Crippen LogP contribution in [0.4, 0.5) is 0 Å². The molecule has 0 spiro atoms. The Morgan fingerprint density at radius 2 is 1.92 bits per heavy atom. The molecule has 0 saturated carbocycles. The molecule has 25 heavy (non-hydrogen) atoms. The number of aromatic nitrogens is 1. The van der Waals surface area contributed by atoms with Crippen LogP contribution in [0.15, 0.2) is 42.9 Å². The molecule has 2 heteroatoms. The number of aryl methyl sites for hydroxylation is 4. The van der Waals surface area contributed by atoms with Crippen molar-refractivity contribution in [1.82, 2.24) is 4.98 Å². The molecular formula is C23H33NS. The Balaban J connectivity index is 0.000000257. The number of nitrogens with zero attached hydrogens (tertiary/aromatic N) is 1. The fraction of sp³-hybridized carbons (Fsp3) is 0.435. The van der Waals surface area contributed by atoms with Gasteiger partial charge in [0.05, 0.1) is 11.2 Å². The predicted molar refractivity (Wildman–Crippen MR) is 114 cm³/mol. The summed E-state index contributed by atoms with van der Waals surface area (Å²) in [6.45, 7) is 16.2. The fourth-order valence-electron chi connectivity index (χ4n) is 2.62. The SMILES string of the molecule is C=CCCc1cc(C)cc(C(=C)C)c1.CCCCCc1scnc1C. The Labute approximate surface area is 158 Å². The van der Waals surface area contributed by atoms with Crippen LogP contribution in [0.2, 0.25) is 0 Å². The number of allylic oxidation sites excluding steroid dienone is 2. The maximum atomic E-state index is 4.21. The minimum Gasteiger partial charge on any atom is -0.250 e. The lowest BCUT2D eigenvalue weighted by Crippen LogP contribution is -1.88. The Morgan fingerprint density at radius 3 is 2.48 bits per heavy atom. The van der Waals surface area contributed by atoms with E-state index in [4.69, 9.17) is 0 Å². The molecule has 0 aliphatic rings. The van der Waals surface area contributed by atoms with Gasteiger partial charge in [-0.15, -0.1) is 17.9 Å². The second-order valence-corrected chi connectivity index (χ2v) is 7.57. The second-order valence-electron chi connectivity index (χ2n) is 6.63. The highest BCUT2D eigenvalue weighted by Crippen LogP contribution is 2.17. The topological polar surface area (TPSA) is 12.9 Å². The van der Waals surface area contributed by atoms with Crippen molar-refractivity contribution < 1.29 is 0 Å². The zero-order valence-electron chi connectivity index (χ0n) is 16.4. The lowest BCUT2D eigenvalue weighted by atomic mass is 10.00. The number of unbranched alkanes of at least 4 members (excludes halogenated alkanes) is 2. The lowest BCUT2D eigenvalue weighted by Gasteiger charge is -2.06. The van der Waals surface area contributed by atoms with Gasteiger partial charge in [0.25, 0.3) is 0 Å². The summed E-state index contributed by atoms with van der Waals surface area (Å²) in [6.07, 6.45) is 9.27. The van der Waals surface area contributed by atoms with Crippen LogP contribution in [-0.4, -0.2) is 4.98 Å². The fourth-order valence-corrected chi connectivity index (χ4v) is 3.45. The third kappa shape index (κ3) is 8.31. The van der Waals surface area contributed by atoms with E-state index in [1.807, 2.05) is 18.5 Å². The molecule has 1 aromatic carbocycles. The highest BCUT2D eigenvalue weighted by molar-refractivity contribution is 7.09. The molecule has 0 amide bonds. The lowest BCUT2D eigenvalue weighted by molar-refractivity contribution is 0.720. The quantitative estimate of drug-likeness (QED) is 0.357. The normalized spacial score (nSPS) is 10.1. The van der Waals surface area contributed by atoms with Gasteiger partial charge in [0.2, 0.25) is 0 Å². The zero-order chi connectivity index (χ0) is 18.7. The maximum Gasteiger partial charge on any atom is 0.0797 e. The third-order valence-corrected chi connectivity index (χ3v) is 5.11. The molecule has 2 aromatic rings. The first-order valence-corrected chi connectivity index (χ1v) is 10.1. The van der Waals surface area contributed by atoms with E-state index >= 15 is 0 Å². The van der Waals surface area contributed by atoms with Gasteiger partial charge in [-0.2, -0.15) is 0 Å². The van der Waals surface area contributed by atoms with Crippen molar-refractivity contribution >= 4 is 16.9 Å². The average Bonchev–Trinajstić information content (AvgIpc) is 2.98. The van der Waals surface area contributed by atoms with E-state index in [0.717, 1.165) is 18.4 Å². The molecule has 0 saturated heterocycles. The highest BCUT2D eigenvalue weighted by atomic mass is 32.1. The molecule has 0 bridgehead atoms. The number of benzene rings is 1. The van der Waals surface area contributed by atoms with Crippen molar-refractivity contribution in [2.45, 2.75) is 66.2 Å². The Bertz CT molecular complexity index is 666. The van der Waals surface area contributed by atoms with Crippen molar-refractivity contribution in [1.29, 1.82) is 0 Å². The minimum absolute atomic E-state index is 1.04. The van der Waals surface area contributed by atoms with E-state index in [-0.39, 0.29) is 0 Å². The van der Waals surface area contributed by atoms with Crippen LogP contribution in [0.25, 0.3) is 5.57 Å². The van der Waals surface area contributed by atoms with Crippen LogP contribution >= 0.6 is 11.3 Å². The summed E-state index contributed by atoms with van der Waals surface area (Å²) in [7, 11) is 0. The summed E-state index contributed by atoms with van der Waals surface area (Å²) in [5.74, 6) is 0. The van der Waals surface area contributed by atoms with Gasteiger partial charge in [-0.3, -0.25) is 0 Å². The molecule has 0 radical (unpaired) electrons. The van der Waals surface area contributed by atoms with Crippen LogP contribution in [-0.2, 0) is 12.8 Å². The molecule has 1 heterocycles. The van der Waals surface area contributed by atoms with Crippen LogP contribution in [0.3, 0.4) is 0 Å². The molecule has 136 valence electrons. The second kappa shape index (κ2) is 11.8. The summed E-state index contributed by atoms with van der Waals surface area (Å²) in [5, 5.41) is 0. The number of hydrogen-bond acceptors (Lipinski definition) is 2. The van der Waals surface area contributed by atoms with Crippen molar-refractivity contribution in [2.24, 2.45) is 0 Å². The monoisotopic (exact) mass is 355 g/mol. The van der Waals surface area contributed by atoms with Gasteiger partial charge in [0, 0.05) is 4.88 Å². The first-order valence-electron chi connectivity index (χ1n) is 9.24. The van der Waals surface area contributed by atoms with E-state index in [1.54, 1.807) is 11.3 Å². The van der Waals surface area contributed by atoms with Crippen molar-refractivity contribution in [3.63, 3.8) is 0 Å². The average molecular weight is 356 g/mol. The van der Waals surface area contributed by atoms with Gasteiger partial charge in [0.15, 0.2) is 0 Å². The van der Waals surface area contributed by atoms with Crippen molar-refractivity contribution in [2.75, 3.05) is 0 Å². The van der Waals surface area contributed by atoms with Gasteiger partial charge >= 0.3 is 0 Å². The third-order valence-electron chi connectivity index (χ3n) is 4.12. The van der Waals surface area contributed by atoms with E-state index < -0.39 is 0 Å². The molecule has 0 fully saturated rings. The van der Waals surface area contributed by atoms with Gasteiger partial charge < -0.3 is 0 Å². The van der Waals surface area contributed by atoms with E-state index in [9.17, 15) is 0 Å². The summed E-state index contributed by atoms with van der Waals surface area (Å²) < 4.78 is 0. The summed E-state index contributed by atoms with van der Waals surface area (Å²) in [4.78, 5) is 5.68. The number of hydrogen-bond donors (Lipinski definition) is 0. The first-order chi connectivity index (χ1) is 12.0. The Kier molecular flexibility index (Phi) is 10.1. The van der Waals surface area contributed by atoms with Crippen LogP contribution in [0.5, 0.6) is 0 Å². The van der Waals surface area contributed by atoms with Crippen LogP contribution < -0.4 is 0 Å². The smallest absolute Gasteiger partial charge is 0.0797 e. The molecule has 0 aliphatic heterocycles. The Morgan fingerprint density at radius 1 is 1.16 bits per heavy atom. The van der Waals surface area contributed by atoms with Crippen molar-refractivity contribution in [3.05, 3.63) is 70.2 Å². The zero-order valence-corrected chi connectivity index (χ0v) is 17.2. The van der Waals surface area contributed by atoms with E-state index in [2.05, 4.69) is 57.1 Å². The van der Waals surface area contributed by atoms with Gasteiger partial charge in [0.1, 0.15) is 0 Å². The molecule has 0 atom stereocenters. The molecule has 0 aliphatic carbocycles.